The molecule has 0 aromatic carbocycles. The summed E-state index contributed by atoms with van der Waals surface area (Å²) in [4.78, 5) is 16.7. The van der Waals surface area contributed by atoms with E-state index in [0.717, 1.165) is 44.7 Å². The first kappa shape index (κ1) is 16.2. The zero-order valence-corrected chi connectivity index (χ0v) is 13.6. The smallest absolute Gasteiger partial charge is 0.246 e. The lowest BCUT2D eigenvalue weighted by Crippen LogP contribution is -2.59. The van der Waals surface area contributed by atoms with E-state index in [9.17, 15) is 4.79 Å². The Morgan fingerprint density at radius 2 is 2.14 bits per heavy atom. The number of rotatable bonds is 6. The molecule has 4 aliphatic heterocycles. The van der Waals surface area contributed by atoms with Gasteiger partial charge >= 0.3 is 0 Å². The molecule has 0 aliphatic carbocycles. The first-order chi connectivity index (χ1) is 10.8. The summed E-state index contributed by atoms with van der Waals surface area (Å²) in [6, 6.07) is 0.514. The quantitative estimate of drug-likeness (QED) is 0.736. The van der Waals surface area contributed by atoms with E-state index in [1.54, 1.807) is 7.11 Å². The molecule has 1 amide bonds. The van der Waals surface area contributed by atoms with E-state index in [1.165, 1.54) is 32.5 Å². The van der Waals surface area contributed by atoms with E-state index < -0.39 is 0 Å². The van der Waals surface area contributed by atoms with Gasteiger partial charge in [0.2, 0.25) is 5.91 Å². The van der Waals surface area contributed by atoms with Gasteiger partial charge in [0.1, 0.15) is 6.61 Å². The SMILES string of the molecule is COCC(=O)NC[C@H]1C[C@@H]2CCN1C[C@@H]2CN1CCOCC1. The maximum absolute atomic E-state index is 11.5. The Hall–Kier alpha value is -0.690. The van der Waals surface area contributed by atoms with Gasteiger partial charge in [-0.05, 0) is 31.2 Å². The summed E-state index contributed by atoms with van der Waals surface area (Å²) in [7, 11) is 1.56. The van der Waals surface area contributed by atoms with E-state index in [4.69, 9.17) is 9.47 Å². The maximum atomic E-state index is 11.5. The highest BCUT2D eigenvalue weighted by Crippen LogP contribution is 2.36. The number of methoxy groups -OCH3 is 1. The predicted octanol–water partition coefficient (Wildman–Crippen LogP) is -0.208. The predicted molar refractivity (Wildman–Crippen MR) is 83.7 cm³/mol. The van der Waals surface area contributed by atoms with Gasteiger partial charge in [0, 0.05) is 45.9 Å². The number of nitrogens with zero attached hydrogens (tertiary/aromatic N) is 2. The van der Waals surface area contributed by atoms with Crippen molar-refractivity contribution < 1.29 is 14.3 Å². The maximum Gasteiger partial charge on any atom is 0.246 e. The summed E-state index contributed by atoms with van der Waals surface area (Å²) >= 11 is 0. The number of morpholine rings is 1. The fourth-order valence-electron chi connectivity index (χ4n) is 4.20. The van der Waals surface area contributed by atoms with Gasteiger partial charge in [-0.3, -0.25) is 14.6 Å². The molecule has 1 unspecified atom stereocenters. The van der Waals surface area contributed by atoms with Crippen molar-refractivity contribution in [3.8, 4) is 0 Å². The Morgan fingerprint density at radius 3 is 2.82 bits per heavy atom. The highest BCUT2D eigenvalue weighted by atomic mass is 16.5. The highest BCUT2D eigenvalue weighted by Gasteiger charge is 2.40. The third-order valence-electron chi connectivity index (χ3n) is 5.42. The molecule has 6 heteroatoms. The van der Waals surface area contributed by atoms with Gasteiger partial charge in [-0.2, -0.15) is 0 Å². The average molecular weight is 311 g/mol. The number of nitrogens with one attached hydrogen (secondary N) is 1. The number of carbonyl (C=O) groups is 1. The van der Waals surface area contributed by atoms with Crippen LogP contribution in [0.1, 0.15) is 12.8 Å². The van der Waals surface area contributed by atoms with Crippen molar-refractivity contribution in [3.63, 3.8) is 0 Å². The van der Waals surface area contributed by atoms with Crippen LogP contribution in [0, 0.1) is 11.8 Å². The van der Waals surface area contributed by atoms with Crippen molar-refractivity contribution in [3.05, 3.63) is 0 Å². The van der Waals surface area contributed by atoms with Crippen molar-refractivity contribution in [2.75, 3.05) is 66.2 Å². The molecule has 4 heterocycles. The van der Waals surface area contributed by atoms with E-state index in [1.807, 2.05) is 0 Å². The number of ether oxygens (including phenoxy) is 2. The summed E-state index contributed by atoms with van der Waals surface area (Å²) in [6.07, 6.45) is 2.54. The van der Waals surface area contributed by atoms with Crippen LogP contribution < -0.4 is 5.32 Å². The summed E-state index contributed by atoms with van der Waals surface area (Å²) in [5.74, 6) is 1.60. The minimum absolute atomic E-state index is 0.00462. The molecule has 22 heavy (non-hydrogen) atoms. The van der Waals surface area contributed by atoms with Crippen molar-refractivity contribution >= 4 is 5.91 Å². The zero-order valence-electron chi connectivity index (χ0n) is 13.6. The van der Waals surface area contributed by atoms with E-state index >= 15 is 0 Å². The summed E-state index contributed by atoms with van der Waals surface area (Å²) in [5, 5.41) is 3.00. The molecule has 0 aromatic heterocycles. The second-order valence-corrected chi connectivity index (χ2v) is 6.84. The second-order valence-electron chi connectivity index (χ2n) is 6.84. The lowest BCUT2D eigenvalue weighted by molar-refractivity contribution is -0.125. The fourth-order valence-corrected chi connectivity index (χ4v) is 4.20. The Kier molecular flexibility index (Phi) is 5.68. The van der Waals surface area contributed by atoms with E-state index in [2.05, 4.69) is 15.1 Å². The van der Waals surface area contributed by atoms with Crippen LogP contribution in [-0.4, -0.2) is 87.9 Å². The van der Waals surface area contributed by atoms with Gasteiger partial charge in [-0.25, -0.2) is 0 Å². The molecule has 1 N–H and O–H groups in total. The lowest BCUT2D eigenvalue weighted by Gasteiger charge is -2.51. The van der Waals surface area contributed by atoms with Crippen LogP contribution in [-0.2, 0) is 14.3 Å². The Morgan fingerprint density at radius 1 is 1.32 bits per heavy atom. The van der Waals surface area contributed by atoms with Gasteiger partial charge < -0.3 is 14.8 Å². The van der Waals surface area contributed by atoms with Crippen molar-refractivity contribution in [2.45, 2.75) is 18.9 Å². The number of hydrogen-bond acceptors (Lipinski definition) is 5. The van der Waals surface area contributed by atoms with Crippen LogP contribution in [0.25, 0.3) is 0 Å². The Labute approximate surface area is 133 Å². The van der Waals surface area contributed by atoms with Crippen molar-refractivity contribution in [1.29, 1.82) is 0 Å². The zero-order chi connectivity index (χ0) is 15.4. The van der Waals surface area contributed by atoms with E-state index in [0.29, 0.717) is 6.04 Å². The van der Waals surface area contributed by atoms with Crippen LogP contribution in [0.2, 0.25) is 0 Å². The topological polar surface area (TPSA) is 54.0 Å². The molecule has 2 bridgehead atoms. The molecule has 126 valence electrons. The van der Waals surface area contributed by atoms with Crippen LogP contribution in [0.4, 0.5) is 0 Å². The van der Waals surface area contributed by atoms with Gasteiger partial charge in [-0.1, -0.05) is 0 Å². The molecule has 4 rings (SSSR count). The third kappa shape index (κ3) is 3.98. The van der Waals surface area contributed by atoms with Crippen molar-refractivity contribution in [1.82, 2.24) is 15.1 Å². The molecule has 4 atom stereocenters. The Balaban J connectivity index is 1.45. The monoisotopic (exact) mass is 311 g/mol. The van der Waals surface area contributed by atoms with Gasteiger partial charge in [-0.15, -0.1) is 0 Å². The van der Waals surface area contributed by atoms with Crippen molar-refractivity contribution in [2.24, 2.45) is 11.8 Å². The van der Waals surface area contributed by atoms with Crippen LogP contribution in [0.5, 0.6) is 0 Å². The minimum Gasteiger partial charge on any atom is -0.379 e. The molecule has 0 aromatic rings. The van der Waals surface area contributed by atoms with Gasteiger partial charge in [0.25, 0.3) is 0 Å². The Bertz CT molecular complexity index is 374. The van der Waals surface area contributed by atoms with Gasteiger partial charge in [0.15, 0.2) is 0 Å². The average Bonchev–Trinajstić information content (AvgIpc) is 2.55. The first-order valence-corrected chi connectivity index (χ1v) is 8.56. The normalized spacial score (nSPS) is 35.5. The van der Waals surface area contributed by atoms with Crippen LogP contribution in [0.15, 0.2) is 0 Å². The molecule has 4 fully saturated rings. The molecule has 0 radical (unpaired) electrons. The minimum atomic E-state index is -0.00462. The first-order valence-electron chi connectivity index (χ1n) is 8.56. The molecular weight excluding hydrogens is 282 g/mol. The number of hydrogen-bond donors (Lipinski definition) is 1. The molecule has 6 nitrogen and oxygen atoms in total. The molecule has 4 saturated heterocycles. The van der Waals surface area contributed by atoms with E-state index in [-0.39, 0.29) is 12.5 Å². The third-order valence-corrected chi connectivity index (χ3v) is 5.42. The van der Waals surface area contributed by atoms with Crippen LogP contribution >= 0.6 is 0 Å². The van der Waals surface area contributed by atoms with Crippen LogP contribution in [0.3, 0.4) is 0 Å². The lowest BCUT2D eigenvalue weighted by atomic mass is 9.75. The number of amides is 1. The second kappa shape index (κ2) is 7.73. The molecule has 0 saturated carbocycles. The number of piperidine rings is 3. The summed E-state index contributed by atoms with van der Waals surface area (Å²) in [5.41, 5.74) is 0. The largest absolute Gasteiger partial charge is 0.379 e. The number of carbonyl (C=O) groups excluding carboxylic acids is 1. The van der Waals surface area contributed by atoms with Gasteiger partial charge in [0.05, 0.1) is 13.2 Å². The molecule has 4 aliphatic rings. The molecule has 0 spiro atoms. The standard InChI is InChI=1S/C16H29N3O3/c1-21-12-16(20)17-9-15-8-13-2-3-19(15)11-14(13)10-18-4-6-22-7-5-18/h13-15H,2-12H2,1H3,(H,17,20)/t13-,14-,15+/m0/s1. The summed E-state index contributed by atoms with van der Waals surface area (Å²) in [6.45, 7) is 8.46. The highest BCUT2D eigenvalue weighted by molar-refractivity contribution is 5.77. The number of fused-ring (bicyclic) bond motifs is 3. The molecular formula is C16H29N3O3. The fraction of sp³-hybridized carbons (Fsp3) is 0.938. The summed E-state index contributed by atoms with van der Waals surface area (Å²) < 4.78 is 10.3.